The first kappa shape index (κ1) is 14.3. The minimum absolute atomic E-state index is 0.00398. The molecule has 0 aliphatic carbocycles. The minimum Gasteiger partial charge on any atom is -0.465 e. The molecule has 4 nitrogen and oxygen atoms in total. The fourth-order valence-electron chi connectivity index (χ4n) is 1.89. The van der Waals surface area contributed by atoms with Crippen LogP contribution in [0.4, 0.5) is 0 Å². The molecule has 0 N–H and O–H groups in total. The highest BCUT2D eigenvalue weighted by atomic mass is 32.2. The van der Waals surface area contributed by atoms with Gasteiger partial charge in [-0.3, -0.25) is 0 Å². The molecule has 0 aliphatic heterocycles. The third-order valence-electron chi connectivity index (χ3n) is 2.83. The van der Waals surface area contributed by atoms with Crippen molar-refractivity contribution in [1.82, 2.24) is 0 Å². The summed E-state index contributed by atoms with van der Waals surface area (Å²) in [6, 6.07) is 14.9. The topological polar surface area (TPSA) is 60.4 Å². The number of rotatable bonds is 4. The second-order valence-corrected chi connectivity index (χ2v) is 6.19. The Morgan fingerprint density at radius 2 is 1.60 bits per heavy atom. The summed E-state index contributed by atoms with van der Waals surface area (Å²) in [4.78, 5) is 11.6. The molecule has 0 amide bonds. The number of carbonyl (C=O) groups excluding carboxylic acids is 1. The Balaban J connectivity index is 2.42. The standard InChI is InChI=1S/C15H14O4S/c1-19-15(16)13-9-5-6-10-14(13)20(17,18)11-12-7-3-2-4-8-12/h2-10H,11H2,1H3. The van der Waals surface area contributed by atoms with Gasteiger partial charge < -0.3 is 4.74 Å². The summed E-state index contributed by atoms with van der Waals surface area (Å²) in [5.74, 6) is -0.806. The molecule has 0 aromatic heterocycles. The van der Waals surface area contributed by atoms with Crippen molar-refractivity contribution in [3.05, 3.63) is 65.7 Å². The van der Waals surface area contributed by atoms with E-state index in [1.165, 1.54) is 19.2 Å². The van der Waals surface area contributed by atoms with Crippen molar-refractivity contribution in [3.8, 4) is 0 Å². The molecule has 0 aliphatic rings. The van der Waals surface area contributed by atoms with Crippen molar-refractivity contribution in [1.29, 1.82) is 0 Å². The van der Waals surface area contributed by atoms with E-state index in [1.54, 1.807) is 36.4 Å². The molecule has 2 aromatic carbocycles. The second kappa shape index (κ2) is 5.88. The van der Waals surface area contributed by atoms with E-state index < -0.39 is 15.8 Å². The molecular formula is C15H14O4S. The van der Waals surface area contributed by atoms with Crippen molar-refractivity contribution in [3.63, 3.8) is 0 Å². The molecule has 0 saturated carbocycles. The van der Waals surface area contributed by atoms with Crippen molar-refractivity contribution < 1.29 is 17.9 Å². The lowest BCUT2D eigenvalue weighted by Crippen LogP contribution is -2.12. The van der Waals surface area contributed by atoms with Gasteiger partial charge in [0.15, 0.2) is 9.84 Å². The van der Waals surface area contributed by atoms with Crippen LogP contribution < -0.4 is 0 Å². The minimum atomic E-state index is -3.60. The van der Waals surface area contributed by atoms with E-state index in [0.717, 1.165) is 0 Å². The Bertz CT molecular complexity index is 706. The maximum Gasteiger partial charge on any atom is 0.339 e. The van der Waals surface area contributed by atoms with E-state index in [-0.39, 0.29) is 16.2 Å². The second-order valence-electron chi connectivity index (χ2n) is 4.23. The average molecular weight is 290 g/mol. The van der Waals surface area contributed by atoms with Gasteiger partial charge in [-0.1, -0.05) is 42.5 Å². The quantitative estimate of drug-likeness (QED) is 0.811. The third-order valence-corrected chi connectivity index (χ3v) is 4.57. The molecule has 0 heterocycles. The molecule has 0 fully saturated rings. The Hall–Kier alpha value is -2.14. The van der Waals surface area contributed by atoms with Crippen molar-refractivity contribution in [2.75, 3.05) is 7.11 Å². The van der Waals surface area contributed by atoms with Crippen LogP contribution in [0.3, 0.4) is 0 Å². The summed E-state index contributed by atoms with van der Waals surface area (Å²) in [6.07, 6.45) is 0. The average Bonchev–Trinajstić information content (AvgIpc) is 2.47. The first-order valence-electron chi connectivity index (χ1n) is 5.98. The number of benzene rings is 2. The van der Waals surface area contributed by atoms with Gasteiger partial charge in [0.1, 0.15) is 0 Å². The first-order chi connectivity index (χ1) is 9.54. The third kappa shape index (κ3) is 3.05. The molecular weight excluding hydrogens is 276 g/mol. The fraction of sp³-hybridized carbons (Fsp3) is 0.133. The molecule has 2 aromatic rings. The highest BCUT2D eigenvalue weighted by Crippen LogP contribution is 2.21. The fourth-order valence-corrected chi connectivity index (χ4v) is 3.45. The lowest BCUT2D eigenvalue weighted by atomic mass is 10.2. The number of ether oxygens (including phenoxy) is 1. The smallest absolute Gasteiger partial charge is 0.339 e. The number of hydrogen-bond acceptors (Lipinski definition) is 4. The molecule has 104 valence electrons. The van der Waals surface area contributed by atoms with Gasteiger partial charge in [-0.15, -0.1) is 0 Å². The molecule has 0 spiro atoms. The maximum absolute atomic E-state index is 12.4. The van der Waals surface area contributed by atoms with Crippen molar-refractivity contribution >= 4 is 15.8 Å². The summed E-state index contributed by atoms with van der Waals surface area (Å²) in [5, 5.41) is 0. The molecule has 2 rings (SSSR count). The Labute approximate surface area is 117 Å². The van der Waals surface area contributed by atoms with Gasteiger partial charge in [0.25, 0.3) is 0 Å². The lowest BCUT2D eigenvalue weighted by molar-refractivity contribution is 0.0596. The SMILES string of the molecule is COC(=O)c1ccccc1S(=O)(=O)Cc1ccccc1. The van der Waals surface area contributed by atoms with E-state index in [0.29, 0.717) is 5.56 Å². The van der Waals surface area contributed by atoms with Gasteiger partial charge in [0.2, 0.25) is 0 Å². The van der Waals surface area contributed by atoms with Crippen molar-refractivity contribution in [2.45, 2.75) is 10.6 Å². The first-order valence-corrected chi connectivity index (χ1v) is 7.64. The van der Waals surface area contributed by atoms with Crippen LogP contribution in [-0.2, 0) is 20.3 Å². The Morgan fingerprint density at radius 1 is 1.00 bits per heavy atom. The zero-order valence-corrected chi connectivity index (χ0v) is 11.8. The van der Waals surface area contributed by atoms with E-state index in [4.69, 9.17) is 0 Å². The highest BCUT2D eigenvalue weighted by Gasteiger charge is 2.22. The summed E-state index contributed by atoms with van der Waals surface area (Å²) in [7, 11) is -2.37. The molecule has 0 saturated heterocycles. The van der Waals surface area contributed by atoms with Gasteiger partial charge in [0, 0.05) is 0 Å². The van der Waals surface area contributed by atoms with E-state index in [9.17, 15) is 13.2 Å². The van der Waals surface area contributed by atoms with Crippen LogP contribution in [0.25, 0.3) is 0 Å². The zero-order chi connectivity index (χ0) is 14.6. The van der Waals surface area contributed by atoms with Crippen LogP contribution in [0.1, 0.15) is 15.9 Å². The van der Waals surface area contributed by atoms with Crippen molar-refractivity contribution in [2.24, 2.45) is 0 Å². The van der Waals surface area contributed by atoms with Crippen LogP contribution in [0.15, 0.2) is 59.5 Å². The summed E-state index contributed by atoms with van der Waals surface area (Å²) in [5.41, 5.74) is 0.734. The molecule has 0 radical (unpaired) electrons. The van der Waals surface area contributed by atoms with Gasteiger partial charge in [0.05, 0.1) is 23.3 Å². The van der Waals surface area contributed by atoms with Crippen LogP contribution >= 0.6 is 0 Å². The highest BCUT2D eigenvalue weighted by molar-refractivity contribution is 7.90. The number of esters is 1. The predicted molar refractivity (Wildman–Crippen MR) is 75.1 cm³/mol. The number of methoxy groups -OCH3 is 1. The van der Waals surface area contributed by atoms with Gasteiger partial charge >= 0.3 is 5.97 Å². The van der Waals surface area contributed by atoms with E-state index in [1.807, 2.05) is 6.07 Å². The van der Waals surface area contributed by atoms with Crippen LogP contribution in [0.5, 0.6) is 0 Å². The van der Waals surface area contributed by atoms with Gasteiger partial charge in [-0.05, 0) is 17.7 Å². The molecule has 0 unspecified atom stereocenters. The van der Waals surface area contributed by atoms with E-state index >= 15 is 0 Å². The molecule has 0 atom stereocenters. The maximum atomic E-state index is 12.4. The molecule has 0 bridgehead atoms. The monoisotopic (exact) mass is 290 g/mol. The summed E-state index contributed by atoms with van der Waals surface area (Å²) >= 11 is 0. The normalized spacial score (nSPS) is 11.1. The van der Waals surface area contributed by atoms with Crippen LogP contribution in [-0.4, -0.2) is 21.5 Å². The Morgan fingerprint density at radius 3 is 2.25 bits per heavy atom. The molecule has 20 heavy (non-hydrogen) atoms. The van der Waals surface area contributed by atoms with Crippen LogP contribution in [0, 0.1) is 0 Å². The number of hydrogen-bond donors (Lipinski definition) is 0. The largest absolute Gasteiger partial charge is 0.465 e. The summed E-state index contributed by atoms with van der Waals surface area (Å²) < 4.78 is 29.5. The van der Waals surface area contributed by atoms with E-state index in [2.05, 4.69) is 4.74 Å². The van der Waals surface area contributed by atoms with Gasteiger partial charge in [-0.2, -0.15) is 0 Å². The summed E-state index contributed by atoms with van der Waals surface area (Å²) in [6.45, 7) is 0. The van der Waals surface area contributed by atoms with Crippen LogP contribution in [0.2, 0.25) is 0 Å². The predicted octanol–water partition coefficient (Wildman–Crippen LogP) is 2.45. The number of carbonyl (C=O) groups is 1. The number of sulfone groups is 1. The Kier molecular flexibility index (Phi) is 4.20. The van der Waals surface area contributed by atoms with Gasteiger partial charge in [-0.25, -0.2) is 13.2 Å². The lowest BCUT2D eigenvalue weighted by Gasteiger charge is -2.09. The zero-order valence-electron chi connectivity index (χ0n) is 10.9. The molecule has 5 heteroatoms.